The number of hydrogen-bond acceptors (Lipinski definition) is 1. The van der Waals surface area contributed by atoms with E-state index in [1.54, 1.807) is 0 Å². The van der Waals surface area contributed by atoms with Crippen LogP contribution < -0.4 is 5.73 Å². The fraction of sp³-hybridized carbons (Fsp3) is 1.00. The van der Waals surface area contributed by atoms with Crippen molar-refractivity contribution in [3.63, 3.8) is 0 Å². The molecule has 3 aliphatic carbocycles. The molecule has 0 spiro atoms. The van der Waals surface area contributed by atoms with Gasteiger partial charge in [0.15, 0.2) is 0 Å². The van der Waals surface area contributed by atoms with Gasteiger partial charge in [0.25, 0.3) is 0 Å². The number of hydrogen-bond donors (Lipinski definition) is 1. The summed E-state index contributed by atoms with van der Waals surface area (Å²) < 4.78 is 0. The molecule has 3 fully saturated rings. The monoisotopic (exact) mass is 367 g/mol. The van der Waals surface area contributed by atoms with E-state index in [0.717, 1.165) is 24.3 Å². The lowest BCUT2D eigenvalue weighted by Crippen LogP contribution is -2.16. The maximum absolute atomic E-state index is 5.50. The predicted octanol–water partition coefficient (Wildman–Crippen LogP) is 8.36. The van der Waals surface area contributed by atoms with E-state index in [2.05, 4.69) is 41.5 Å². The largest absolute Gasteiger partial charge is 0.330 e. The lowest BCUT2D eigenvalue weighted by Gasteiger charge is -2.28. The zero-order valence-corrected chi connectivity index (χ0v) is 19.4. The van der Waals surface area contributed by atoms with Gasteiger partial charge in [-0.15, -0.1) is 0 Å². The van der Waals surface area contributed by atoms with E-state index in [0.29, 0.717) is 5.41 Å². The van der Waals surface area contributed by atoms with Gasteiger partial charge >= 0.3 is 0 Å². The van der Waals surface area contributed by atoms with E-state index in [1.807, 2.05) is 0 Å². The smallest absolute Gasteiger partial charge is 0.00489 e. The van der Waals surface area contributed by atoms with Crippen LogP contribution in [0.5, 0.6) is 0 Å². The Balaban J connectivity index is 0.000000336. The van der Waals surface area contributed by atoms with Crippen molar-refractivity contribution in [2.75, 3.05) is 6.54 Å². The summed E-state index contributed by atoms with van der Waals surface area (Å²) in [7, 11) is 0. The molecule has 26 heavy (non-hydrogen) atoms. The molecular formula is C25H53N. The van der Waals surface area contributed by atoms with Crippen molar-refractivity contribution in [3.05, 3.63) is 0 Å². The second-order valence-electron chi connectivity index (χ2n) is 10.1. The molecule has 158 valence electrons. The van der Waals surface area contributed by atoms with Gasteiger partial charge in [0.1, 0.15) is 0 Å². The van der Waals surface area contributed by atoms with Crippen LogP contribution in [-0.2, 0) is 0 Å². The van der Waals surface area contributed by atoms with Crippen LogP contribution in [0.4, 0.5) is 0 Å². The van der Waals surface area contributed by atoms with E-state index in [1.165, 1.54) is 89.9 Å². The third-order valence-electron chi connectivity index (χ3n) is 6.36. The Morgan fingerprint density at radius 3 is 1.42 bits per heavy atom. The van der Waals surface area contributed by atoms with Gasteiger partial charge in [-0.2, -0.15) is 0 Å². The van der Waals surface area contributed by atoms with E-state index in [-0.39, 0.29) is 0 Å². The maximum atomic E-state index is 5.50. The van der Waals surface area contributed by atoms with Gasteiger partial charge in [-0.25, -0.2) is 0 Å². The maximum Gasteiger partial charge on any atom is -0.00489 e. The zero-order valence-electron chi connectivity index (χ0n) is 19.4. The molecule has 0 heterocycles. The summed E-state index contributed by atoms with van der Waals surface area (Å²) in [4.78, 5) is 0. The summed E-state index contributed by atoms with van der Waals surface area (Å²) in [5, 5.41) is 0. The molecule has 0 bridgehead atoms. The molecule has 3 saturated carbocycles. The van der Waals surface area contributed by atoms with Crippen molar-refractivity contribution >= 4 is 0 Å². The van der Waals surface area contributed by atoms with Crippen LogP contribution in [0.3, 0.4) is 0 Å². The SMILES string of the molecule is CC(C)C1CCC1.CC1(C)CCCCC1.CCC.NCC1CCCCC1. The minimum absolute atomic E-state index is 0.679. The third kappa shape index (κ3) is 14.1. The highest BCUT2D eigenvalue weighted by molar-refractivity contribution is 4.73. The van der Waals surface area contributed by atoms with Crippen molar-refractivity contribution in [3.8, 4) is 0 Å². The first-order valence-electron chi connectivity index (χ1n) is 12.1. The quantitative estimate of drug-likeness (QED) is 0.521. The lowest BCUT2D eigenvalue weighted by molar-refractivity contribution is 0.235. The van der Waals surface area contributed by atoms with Crippen LogP contribution >= 0.6 is 0 Å². The van der Waals surface area contributed by atoms with Crippen LogP contribution in [0.1, 0.15) is 131 Å². The van der Waals surface area contributed by atoms with Gasteiger partial charge in [0, 0.05) is 0 Å². The summed E-state index contributed by atoms with van der Waals surface area (Å²) in [6.07, 6.45) is 20.1. The topological polar surface area (TPSA) is 26.0 Å². The molecule has 0 atom stereocenters. The van der Waals surface area contributed by atoms with E-state index >= 15 is 0 Å². The van der Waals surface area contributed by atoms with Crippen LogP contribution in [0.2, 0.25) is 0 Å². The van der Waals surface area contributed by atoms with Crippen LogP contribution in [0.15, 0.2) is 0 Å². The van der Waals surface area contributed by atoms with Crippen LogP contribution in [0.25, 0.3) is 0 Å². The summed E-state index contributed by atoms with van der Waals surface area (Å²) in [6.45, 7) is 14.6. The van der Waals surface area contributed by atoms with Gasteiger partial charge < -0.3 is 5.73 Å². The van der Waals surface area contributed by atoms with Crippen molar-refractivity contribution in [1.82, 2.24) is 0 Å². The molecule has 0 unspecified atom stereocenters. The van der Waals surface area contributed by atoms with E-state index in [4.69, 9.17) is 5.73 Å². The fourth-order valence-electron chi connectivity index (χ4n) is 4.04. The molecule has 3 rings (SSSR count). The molecule has 2 N–H and O–H groups in total. The summed E-state index contributed by atoms with van der Waals surface area (Å²) in [5.41, 5.74) is 6.18. The number of rotatable bonds is 2. The highest BCUT2D eigenvalue weighted by atomic mass is 14.5. The molecule has 0 amide bonds. The van der Waals surface area contributed by atoms with E-state index < -0.39 is 0 Å². The Kier molecular flexibility index (Phi) is 15.9. The molecule has 0 saturated heterocycles. The van der Waals surface area contributed by atoms with E-state index in [9.17, 15) is 0 Å². The number of nitrogens with two attached hydrogens (primary N) is 1. The minimum Gasteiger partial charge on any atom is -0.330 e. The highest BCUT2D eigenvalue weighted by Crippen LogP contribution is 2.34. The Morgan fingerprint density at radius 2 is 1.23 bits per heavy atom. The van der Waals surface area contributed by atoms with Crippen molar-refractivity contribution < 1.29 is 0 Å². The Morgan fingerprint density at radius 1 is 0.769 bits per heavy atom. The Bertz CT molecular complexity index is 277. The standard InChI is InChI=1S/C8H16.C7H15N.C7H14.C3H8/c1-8(2)6-4-3-5-7-8;8-6-7-4-2-1-3-5-7;1-6(2)7-4-3-5-7;1-3-2/h3-7H2,1-2H3;7H,1-6,8H2;6-7H,3-5H2,1-2H3;3H2,1-2H3. The highest BCUT2D eigenvalue weighted by Gasteiger charge is 2.20. The van der Waals surface area contributed by atoms with Crippen molar-refractivity contribution in [1.29, 1.82) is 0 Å². The van der Waals surface area contributed by atoms with Gasteiger partial charge in [-0.05, 0) is 55.4 Å². The molecular weight excluding hydrogens is 314 g/mol. The molecule has 0 aliphatic heterocycles. The molecule has 1 heteroatoms. The van der Waals surface area contributed by atoms with Gasteiger partial charge in [-0.1, -0.05) is 106 Å². The summed E-state index contributed by atoms with van der Waals surface area (Å²) >= 11 is 0. The zero-order chi connectivity index (χ0) is 19.8. The molecule has 0 aromatic carbocycles. The molecule has 0 radical (unpaired) electrons. The third-order valence-corrected chi connectivity index (χ3v) is 6.36. The second-order valence-corrected chi connectivity index (χ2v) is 10.1. The molecule has 0 aromatic rings. The van der Waals surface area contributed by atoms with Gasteiger partial charge in [0.2, 0.25) is 0 Å². The summed E-state index contributed by atoms with van der Waals surface area (Å²) in [5.74, 6) is 2.90. The molecule has 1 nitrogen and oxygen atoms in total. The first-order valence-corrected chi connectivity index (χ1v) is 12.1. The Hall–Kier alpha value is -0.0400. The lowest BCUT2D eigenvalue weighted by atomic mass is 9.78. The average molecular weight is 368 g/mol. The van der Waals surface area contributed by atoms with Crippen molar-refractivity contribution in [2.45, 2.75) is 131 Å². The predicted molar refractivity (Wildman–Crippen MR) is 121 cm³/mol. The van der Waals surface area contributed by atoms with Crippen LogP contribution in [-0.4, -0.2) is 6.54 Å². The van der Waals surface area contributed by atoms with Gasteiger partial charge in [0.05, 0.1) is 0 Å². The average Bonchev–Trinajstić information content (AvgIpc) is 2.55. The normalized spacial score (nSPS) is 22.6. The van der Waals surface area contributed by atoms with Gasteiger partial charge in [-0.3, -0.25) is 0 Å². The summed E-state index contributed by atoms with van der Waals surface area (Å²) in [6, 6.07) is 0. The molecule has 0 aromatic heterocycles. The fourth-order valence-corrected chi connectivity index (χ4v) is 4.04. The van der Waals surface area contributed by atoms with Crippen molar-refractivity contribution in [2.24, 2.45) is 28.9 Å². The molecule has 3 aliphatic rings. The Labute approximate surface area is 167 Å². The first-order chi connectivity index (χ1) is 12.4. The minimum atomic E-state index is 0.679. The van der Waals surface area contributed by atoms with Crippen LogP contribution in [0, 0.1) is 23.2 Å². The first kappa shape index (κ1) is 26.0. The second kappa shape index (κ2) is 16.0.